The second kappa shape index (κ2) is 7.62. The van der Waals surface area contributed by atoms with Gasteiger partial charge in [0, 0.05) is 5.41 Å². The van der Waals surface area contributed by atoms with Crippen molar-refractivity contribution in [3.8, 4) is 0 Å². The summed E-state index contributed by atoms with van der Waals surface area (Å²) in [6.07, 6.45) is 6.53. The molecule has 0 aromatic carbocycles. The van der Waals surface area contributed by atoms with Crippen molar-refractivity contribution in [2.24, 2.45) is 29.1 Å². The number of carbonyl (C=O) groups excluding carboxylic acids is 2. The number of hydrogen-bond acceptors (Lipinski definition) is 4. The molecule has 0 aromatic rings. The van der Waals surface area contributed by atoms with Crippen LogP contribution in [-0.2, 0) is 14.3 Å². The van der Waals surface area contributed by atoms with Crippen LogP contribution in [0.3, 0.4) is 0 Å². The standard InChI is InChI=1S/C24H34O4/c1-13(2)17-12-20(26)24(6)10-9-15(4)22-18(11-14(3)7-8-19(17)24)21(16(5)25)23(27)28-22/h11-13,16,18-19,21,25H,7-10H2,1-6H3/b14-11+,22-15-/t16-,18+,19+,21+,24-/m0/s1. The fourth-order valence-electron chi connectivity index (χ4n) is 5.24. The number of carbonyl (C=O) groups is 2. The lowest BCUT2D eigenvalue weighted by molar-refractivity contribution is -0.142. The van der Waals surface area contributed by atoms with Crippen molar-refractivity contribution in [3.63, 3.8) is 0 Å². The van der Waals surface area contributed by atoms with Crippen molar-refractivity contribution in [1.82, 2.24) is 0 Å². The molecule has 3 aliphatic rings. The molecule has 28 heavy (non-hydrogen) atoms. The van der Waals surface area contributed by atoms with E-state index < -0.39 is 17.4 Å². The van der Waals surface area contributed by atoms with Crippen LogP contribution in [0.5, 0.6) is 0 Å². The van der Waals surface area contributed by atoms with Crippen LogP contribution in [0, 0.1) is 29.1 Å². The van der Waals surface area contributed by atoms with Crippen LogP contribution in [0.15, 0.2) is 34.6 Å². The van der Waals surface area contributed by atoms with Crippen molar-refractivity contribution in [2.75, 3.05) is 0 Å². The predicted molar refractivity (Wildman–Crippen MR) is 109 cm³/mol. The summed E-state index contributed by atoms with van der Waals surface area (Å²) in [6, 6.07) is 0. The van der Waals surface area contributed by atoms with Gasteiger partial charge >= 0.3 is 5.97 Å². The number of hydrogen-bond donors (Lipinski definition) is 1. The molecule has 2 aliphatic carbocycles. The van der Waals surface area contributed by atoms with E-state index in [-0.39, 0.29) is 23.6 Å². The average Bonchev–Trinajstić information content (AvgIpc) is 3.05. The third kappa shape index (κ3) is 3.52. The van der Waals surface area contributed by atoms with Crippen LogP contribution in [0.25, 0.3) is 0 Å². The maximum absolute atomic E-state index is 13.0. The summed E-state index contributed by atoms with van der Waals surface area (Å²) in [6.45, 7) is 12.2. The van der Waals surface area contributed by atoms with Gasteiger partial charge in [-0.3, -0.25) is 9.59 Å². The van der Waals surface area contributed by atoms with E-state index in [9.17, 15) is 14.7 Å². The first kappa shape index (κ1) is 21.0. The highest BCUT2D eigenvalue weighted by molar-refractivity contribution is 5.98. The van der Waals surface area contributed by atoms with Crippen LogP contribution >= 0.6 is 0 Å². The van der Waals surface area contributed by atoms with E-state index in [0.29, 0.717) is 11.7 Å². The van der Waals surface area contributed by atoms with Crippen LogP contribution in [0.1, 0.15) is 67.2 Å². The number of aliphatic hydroxyl groups excluding tert-OH is 1. The minimum absolute atomic E-state index is 0.214. The van der Waals surface area contributed by atoms with Crippen LogP contribution in [0.4, 0.5) is 0 Å². The molecule has 0 bridgehead atoms. The summed E-state index contributed by atoms with van der Waals surface area (Å²) in [7, 11) is 0. The summed E-state index contributed by atoms with van der Waals surface area (Å²) in [5.41, 5.74) is 3.08. The zero-order chi connectivity index (χ0) is 20.8. The Balaban J connectivity index is 2.02. The Morgan fingerprint density at radius 1 is 1.18 bits per heavy atom. The smallest absolute Gasteiger partial charge is 0.317 e. The third-order valence-electron chi connectivity index (χ3n) is 7.12. The maximum atomic E-state index is 13.0. The molecule has 3 rings (SSSR count). The van der Waals surface area contributed by atoms with Gasteiger partial charge in [0.15, 0.2) is 5.78 Å². The van der Waals surface area contributed by atoms with Crippen LogP contribution < -0.4 is 0 Å². The Morgan fingerprint density at radius 2 is 1.86 bits per heavy atom. The molecule has 0 spiro atoms. The molecule has 0 radical (unpaired) electrons. The number of esters is 1. The van der Waals surface area contributed by atoms with E-state index in [4.69, 9.17) is 4.74 Å². The number of allylic oxidation sites excluding steroid dienone is 5. The number of ether oxygens (including phenoxy) is 1. The summed E-state index contributed by atoms with van der Waals surface area (Å²) < 4.78 is 5.64. The zero-order valence-corrected chi connectivity index (χ0v) is 18.0. The highest BCUT2D eigenvalue weighted by Crippen LogP contribution is 2.50. The molecule has 1 N–H and O–H groups in total. The number of aliphatic hydroxyl groups is 1. The first-order valence-electron chi connectivity index (χ1n) is 10.6. The van der Waals surface area contributed by atoms with Crippen molar-refractivity contribution in [1.29, 1.82) is 0 Å². The summed E-state index contributed by atoms with van der Waals surface area (Å²) in [5, 5.41) is 10.2. The Hall–Kier alpha value is -1.68. The minimum Gasteiger partial charge on any atom is -0.430 e. The molecule has 154 valence electrons. The fraction of sp³-hybridized carbons (Fsp3) is 0.667. The van der Waals surface area contributed by atoms with Gasteiger partial charge in [0.2, 0.25) is 0 Å². The maximum Gasteiger partial charge on any atom is 0.317 e. The van der Waals surface area contributed by atoms with Gasteiger partial charge in [-0.15, -0.1) is 0 Å². The second-order valence-electron chi connectivity index (χ2n) is 9.54. The Labute approximate surface area is 168 Å². The molecular formula is C24H34O4. The highest BCUT2D eigenvalue weighted by atomic mass is 16.5. The topological polar surface area (TPSA) is 63.6 Å². The van der Waals surface area contributed by atoms with Crippen LogP contribution in [-0.4, -0.2) is 23.0 Å². The van der Waals surface area contributed by atoms with Crippen LogP contribution in [0.2, 0.25) is 0 Å². The highest BCUT2D eigenvalue weighted by Gasteiger charge is 2.48. The average molecular weight is 387 g/mol. The number of rotatable bonds is 2. The van der Waals surface area contributed by atoms with E-state index in [1.54, 1.807) is 6.92 Å². The van der Waals surface area contributed by atoms with Gasteiger partial charge in [0.25, 0.3) is 0 Å². The lowest BCUT2D eigenvalue weighted by Crippen LogP contribution is -2.32. The quantitative estimate of drug-likeness (QED) is 0.550. The van der Waals surface area contributed by atoms with Crippen molar-refractivity contribution in [2.45, 2.75) is 73.3 Å². The van der Waals surface area contributed by atoms with Gasteiger partial charge in [0.1, 0.15) is 5.76 Å². The van der Waals surface area contributed by atoms with Crippen molar-refractivity contribution < 1.29 is 19.4 Å². The van der Waals surface area contributed by atoms with Gasteiger partial charge < -0.3 is 9.84 Å². The van der Waals surface area contributed by atoms with E-state index in [1.165, 1.54) is 11.1 Å². The van der Waals surface area contributed by atoms with Crippen molar-refractivity contribution in [3.05, 3.63) is 34.6 Å². The SMILES string of the molecule is C/C1=C2/OC(=O)[C@H]([C@H](C)O)[C@H]2/C=C(\C)CC[C@@H]2C(C(C)C)=CC(=O)[C@@]2(C)CC1. The molecule has 4 nitrogen and oxygen atoms in total. The van der Waals surface area contributed by atoms with Crippen molar-refractivity contribution >= 4 is 11.8 Å². The van der Waals surface area contributed by atoms with Gasteiger partial charge in [-0.25, -0.2) is 0 Å². The Kier molecular flexibility index (Phi) is 5.73. The summed E-state index contributed by atoms with van der Waals surface area (Å²) in [5.74, 6) is 0.429. The molecule has 5 atom stereocenters. The molecule has 0 aromatic heterocycles. The molecule has 1 saturated heterocycles. The first-order valence-corrected chi connectivity index (χ1v) is 10.6. The molecule has 0 unspecified atom stereocenters. The second-order valence-corrected chi connectivity index (χ2v) is 9.54. The molecule has 0 saturated carbocycles. The minimum atomic E-state index is -0.758. The Morgan fingerprint density at radius 3 is 2.46 bits per heavy atom. The van der Waals surface area contributed by atoms with Gasteiger partial charge in [-0.1, -0.05) is 38.0 Å². The molecule has 1 fully saturated rings. The van der Waals surface area contributed by atoms with Gasteiger partial charge in [-0.2, -0.15) is 0 Å². The van der Waals surface area contributed by atoms with Gasteiger partial charge in [-0.05, 0) is 69.9 Å². The lowest BCUT2D eigenvalue weighted by atomic mass is 9.69. The monoisotopic (exact) mass is 386 g/mol. The molecule has 1 heterocycles. The first-order chi connectivity index (χ1) is 13.1. The molecular weight excluding hydrogens is 352 g/mol. The van der Waals surface area contributed by atoms with E-state index in [0.717, 1.165) is 31.3 Å². The molecule has 1 aliphatic heterocycles. The normalized spacial score (nSPS) is 39.5. The molecule has 0 amide bonds. The molecule has 4 heteroatoms. The lowest BCUT2D eigenvalue weighted by Gasteiger charge is -2.33. The summed E-state index contributed by atoms with van der Waals surface area (Å²) >= 11 is 0. The number of ketones is 1. The van der Waals surface area contributed by atoms with E-state index >= 15 is 0 Å². The third-order valence-corrected chi connectivity index (χ3v) is 7.12. The zero-order valence-electron chi connectivity index (χ0n) is 18.0. The predicted octanol–water partition coefficient (Wildman–Crippen LogP) is 4.74. The fourth-order valence-corrected chi connectivity index (χ4v) is 5.24. The number of fused-ring (bicyclic) bond motifs is 2. The summed E-state index contributed by atoms with van der Waals surface area (Å²) in [4.78, 5) is 25.4. The van der Waals surface area contributed by atoms with E-state index in [2.05, 4.69) is 33.8 Å². The Bertz CT molecular complexity index is 767. The van der Waals surface area contributed by atoms with E-state index in [1.807, 2.05) is 13.0 Å². The van der Waals surface area contributed by atoms with Gasteiger partial charge in [0.05, 0.1) is 17.9 Å². The largest absolute Gasteiger partial charge is 0.430 e.